The predicted octanol–water partition coefficient (Wildman–Crippen LogP) is 2.57. The number of halogens is 1. The van der Waals surface area contributed by atoms with Crippen LogP contribution in [0.25, 0.3) is 0 Å². The molecule has 2 atom stereocenters. The van der Waals surface area contributed by atoms with Crippen LogP contribution in [0.3, 0.4) is 0 Å². The number of nitrogen functional groups attached to an aromatic ring is 1. The van der Waals surface area contributed by atoms with Crippen molar-refractivity contribution >= 4 is 43.2 Å². The highest BCUT2D eigenvalue weighted by Gasteiger charge is 2.30. The highest BCUT2D eigenvalue weighted by atomic mass is 79.9. The molecule has 0 aromatic heterocycles. The molecule has 132 valence electrons. The van der Waals surface area contributed by atoms with E-state index in [0.29, 0.717) is 18.8 Å². The Hall–Kier alpha value is -1.68. The number of nitrogens with two attached hydrogens (primary N) is 1. The molecule has 3 N–H and O–H groups in total. The summed E-state index contributed by atoms with van der Waals surface area (Å²) in [7, 11) is -4.24. The van der Waals surface area contributed by atoms with E-state index in [1.807, 2.05) is 11.6 Å². The second-order valence-corrected chi connectivity index (χ2v) is 8.54. The quantitative estimate of drug-likeness (QED) is 0.437. The molecule has 0 unspecified atom stereocenters. The number of nitrogens with one attached hydrogen (secondary N) is 1. The zero-order valence-electron chi connectivity index (χ0n) is 13.0. The standard InChI is InChI=1S/C14H18BrN3O5S/c1-8-3-2-4-9(5-8)14(19)17-24(22,23)13-7-12(18(20)21)11(16)6-10(13)15/h6-9H,2-5,16H2,1H3,(H,17,19)/t8-,9-/m1/s1. The second kappa shape index (κ2) is 7.06. The second-order valence-electron chi connectivity index (χ2n) is 6.04. The summed E-state index contributed by atoms with van der Waals surface area (Å²) in [5.41, 5.74) is 4.82. The Bertz CT molecular complexity index is 781. The Balaban J connectivity index is 2.29. The molecule has 8 nitrogen and oxygen atoms in total. The van der Waals surface area contributed by atoms with Crippen LogP contribution >= 0.6 is 15.9 Å². The van der Waals surface area contributed by atoms with Crippen LogP contribution in [0.2, 0.25) is 0 Å². The molecule has 1 amide bonds. The van der Waals surface area contributed by atoms with Crippen molar-refractivity contribution < 1.29 is 18.1 Å². The van der Waals surface area contributed by atoms with Gasteiger partial charge in [0.15, 0.2) is 0 Å². The fourth-order valence-electron chi connectivity index (χ4n) is 2.87. The third kappa shape index (κ3) is 4.04. The SMILES string of the molecule is C[C@@H]1CCC[C@@H](C(=O)NS(=O)(=O)c2cc([N+](=O)[O-])c(N)cc2Br)C1. The molecular formula is C14H18BrN3O5S. The number of amides is 1. The average molecular weight is 420 g/mol. The van der Waals surface area contributed by atoms with Gasteiger partial charge in [-0.15, -0.1) is 0 Å². The fourth-order valence-corrected chi connectivity index (χ4v) is 4.99. The van der Waals surface area contributed by atoms with Crippen molar-refractivity contribution in [2.75, 3.05) is 5.73 Å². The average Bonchev–Trinajstić information content (AvgIpc) is 2.45. The van der Waals surface area contributed by atoms with Gasteiger partial charge in [-0.05, 0) is 40.8 Å². The normalized spacial score (nSPS) is 21.2. The fraction of sp³-hybridized carbons (Fsp3) is 0.500. The van der Waals surface area contributed by atoms with E-state index < -0.39 is 26.5 Å². The number of rotatable bonds is 4. The molecule has 1 aromatic carbocycles. The van der Waals surface area contributed by atoms with E-state index in [0.717, 1.165) is 25.0 Å². The predicted molar refractivity (Wildman–Crippen MR) is 91.7 cm³/mol. The Morgan fingerprint density at radius 2 is 2.08 bits per heavy atom. The number of nitro benzene ring substituents is 1. The van der Waals surface area contributed by atoms with Crippen LogP contribution in [-0.4, -0.2) is 19.2 Å². The minimum absolute atomic E-state index is 0.0583. The first-order valence-electron chi connectivity index (χ1n) is 7.42. The maximum Gasteiger partial charge on any atom is 0.293 e. The summed E-state index contributed by atoms with van der Waals surface area (Å²) in [4.78, 5) is 22.1. The molecule has 1 fully saturated rings. The molecule has 0 bridgehead atoms. The van der Waals surface area contributed by atoms with E-state index in [1.54, 1.807) is 0 Å². The minimum atomic E-state index is -4.24. The van der Waals surface area contributed by atoms with Crippen LogP contribution in [0.4, 0.5) is 11.4 Å². The third-order valence-electron chi connectivity index (χ3n) is 4.11. The highest BCUT2D eigenvalue weighted by Crippen LogP contribution is 2.33. The van der Waals surface area contributed by atoms with E-state index >= 15 is 0 Å². The van der Waals surface area contributed by atoms with Gasteiger partial charge in [0.25, 0.3) is 15.7 Å². The van der Waals surface area contributed by atoms with Crippen molar-refractivity contribution in [2.45, 2.75) is 37.5 Å². The molecule has 0 saturated heterocycles. The molecule has 0 radical (unpaired) electrons. The van der Waals surface area contributed by atoms with Gasteiger partial charge in [-0.1, -0.05) is 19.8 Å². The molecule has 1 aliphatic rings. The number of hydrogen-bond donors (Lipinski definition) is 2. The molecule has 1 saturated carbocycles. The topological polar surface area (TPSA) is 132 Å². The van der Waals surface area contributed by atoms with Gasteiger partial charge in [-0.2, -0.15) is 0 Å². The summed E-state index contributed by atoms with van der Waals surface area (Å²) in [5, 5.41) is 10.9. The van der Waals surface area contributed by atoms with E-state index in [2.05, 4.69) is 15.9 Å². The van der Waals surface area contributed by atoms with Gasteiger partial charge in [0.2, 0.25) is 5.91 Å². The lowest BCUT2D eigenvalue weighted by Crippen LogP contribution is -2.37. The smallest absolute Gasteiger partial charge is 0.293 e. The zero-order valence-corrected chi connectivity index (χ0v) is 15.4. The summed E-state index contributed by atoms with van der Waals surface area (Å²) < 4.78 is 27.0. The Labute approximate surface area is 148 Å². The first-order chi connectivity index (χ1) is 11.1. The van der Waals surface area contributed by atoms with Crippen molar-refractivity contribution in [3.05, 3.63) is 26.7 Å². The molecule has 0 aliphatic heterocycles. The van der Waals surface area contributed by atoms with Gasteiger partial charge in [-0.25, -0.2) is 13.1 Å². The molecule has 24 heavy (non-hydrogen) atoms. The summed E-state index contributed by atoms with van der Waals surface area (Å²) in [6.45, 7) is 2.02. The van der Waals surface area contributed by atoms with Crippen molar-refractivity contribution in [3.63, 3.8) is 0 Å². The monoisotopic (exact) mass is 419 g/mol. The van der Waals surface area contributed by atoms with E-state index in [4.69, 9.17) is 5.73 Å². The number of hydrogen-bond acceptors (Lipinski definition) is 6. The largest absolute Gasteiger partial charge is 0.393 e. The molecular weight excluding hydrogens is 402 g/mol. The van der Waals surface area contributed by atoms with Gasteiger partial charge in [0, 0.05) is 16.5 Å². The molecule has 1 aliphatic carbocycles. The van der Waals surface area contributed by atoms with Crippen LogP contribution in [0.1, 0.15) is 32.6 Å². The Morgan fingerprint density at radius 3 is 2.67 bits per heavy atom. The number of anilines is 1. The van der Waals surface area contributed by atoms with Gasteiger partial charge in [0.1, 0.15) is 10.6 Å². The van der Waals surface area contributed by atoms with E-state index in [9.17, 15) is 23.3 Å². The number of sulfonamides is 1. The zero-order chi connectivity index (χ0) is 18.1. The summed E-state index contributed by atoms with van der Waals surface area (Å²) in [5.74, 6) is -0.583. The minimum Gasteiger partial charge on any atom is -0.393 e. The maximum absolute atomic E-state index is 12.4. The number of nitro groups is 1. The van der Waals surface area contributed by atoms with Crippen LogP contribution in [0, 0.1) is 22.0 Å². The van der Waals surface area contributed by atoms with Crippen molar-refractivity contribution in [1.82, 2.24) is 4.72 Å². The number of benzene rings is 1. The van der Waals surface area contributed by atoms with Crippen LogP contribution in [-0.2, 0) is 14.8 Å². The maximum atomic E-state index is 12.4. The lowest BCUT2D eigenvalue weighted by Gasteiger charge is -2.25. The number of carbonyl (C=O) groups is 1. The van der Waals surface area contributed by atoms with Crippen molar-refractivity contribution in [1.29, 1.82) is 0 Å². The summed E-state index contributed by atoms with van der Waals surface area (Å²) in [6, 6.07) is 1.98. The molecule has 0 spiro atoms. The van der Waals surface area contributed by atoms with E-state index in [-0.39, 0.29) is 21.0 Å². The van der Waals surface area contributed by atoms with Gasteiger partial charge in [-0.3, -0.25) is 14.9 Å². The third-order valence-corrected chi connectivity index (χ3v) is 6.41. The molecule has 0 heterocycles. The van der Waals surface area contributed by atoms with Crippen molar-refractivity contribution in [2.24, 2.45) is 11.8 Å². The molecule has 10 heteroatoms. The summed E-state index contributed by atoms with van der Waals surface area (Å²) >= 11 is 3.03. The highest BCUT2D eigenvalue weighted by molar-refractivity contribution is 9.10. The Morgan fingerprint density at radius 1 is 1.42 bits per heavy atom. The van der Waals surface area contributed by atoms with Gasteiger partial charge in [0.05, 0.1) is 4.92 Å². The number of carbonyl (C=O) groups excluding carboxylic acids is 1. The first-order valence-corrected chi connectivity index (χ1v) is 9.69. The van der Waals surface area contributed by atoms with Crippen LogP contribution < -0.4 is 10.5 Å². The number of nitrogens with zero attached hydrogens (tertiary/aromatic N) is 1. The van der Waals surface area contributed by atoms with Gasteiger partial charge >= 0.3 is 0 Å². The molecule has 2 rings (SSSR count). The molecule has 1 aromatic rings. The van der Waals surface area contributed by atoms with Crippen LogP contribution in [0.15, 0.2) is 21.5 Å². The van der Waals surface area contributed by atoms with Gasteiger partial charge < -0.3 is 5.73 Å². The Kier molecular flexibility index (Phi) is 5.49. The lowest BCUT2D eigenvalue weighted by atomic mass is 9.82. The lowest BCUT2D eigenvalue weighted by molar-refractivity contribution is -0.384. The van der Waals surface area contributed by atoms with Crippen LogP contribution in [0.5, 0.6) is 0 Å². The van der Waals surface area contributed by atoms with Crippen molar-refractivity contribution in [3.8, 4) is 0 Å². The summed E-state index contributed by atoms with van der Waals surface area (Å²) in [6.07, 6.45) is 3.15. The van der Waals surface area contributed by atoms with E-state index in [1.165, 1.54) is 0 Å². The first kappa shape index (κ1) is 18.7.